The lowest BCUT2D eigenvalue weighted by Gasteiger charge is -2.08. The summed E-state index contributed by atoms with van der Waals surface area (Å²) in [6.45, 7) is 1.53. The number of carbonyl (C=O) groups is 3. The zero-order valence-corrected chi connectivity index (χ0v) is 21.3. The first-order chi connectivity index (χ1) is 17.9. The number of ether oxygens (including phenoxy) is 2. The van der Waals surface area contributed by atoms with Crippen LogP contribution in [0.25, 0.3) is 0 Å². The summed E-state index contributed by atoms with van der Waals surface area (Å²) in [5.41, 5.74) is 10.2. The van der Waals surface area contributed by atoms with Crippen LogP contribution in [0.1, 0.15) is 42.2 Å². The van der Waals surface area contributed by atoms with Gasteiger partial charge in [-0.2, -0.15) is 0 Å². The zero-order chi connectivity index (χ0) is 27.5. The lowest BCUT2D eigenvalue weighted by Crippen LogP contribution is -2.04. The minimum atomic E-state index is -0.414. The Morgan fingerprint density at radius 2 is 1.51 bits per heavy atom. The van der Waals surface area contributed by atoms with Crippen LogP contribution in [0.3, 0.4) is 0 Å². The number of benzene rings is 3. The number of rotatable bonds is 9. The zero-order valence-electron chi connectivity index (χ0n) is 21.3. The Morgan fingerprint density at radius 1 is 0.946 bits per heavy atom. The van der Waals surface area contributed by atoms with Crippen LogP contribution in [-0.4, -0.2) is 46.4 Å². The monoisotopic (exact) mass is 503 g/mol. The molecule has 0 aliphatic carbocycles. The van der Waals surface area contributed by atoms with Crippen LogP contribution in [0.5, 0.6) is 5.75 Å². The van der Waals surface area contributed by atoms with Crippen molar-refractivity contribution in [1.82, 2.24) is 5.32 Å². The number of nitrogens with two attached hydrogens (primary N) is 1. The quantitative estimate of drug-likeness (QED) is 0.230. The van der Waals surface area contributed by atoms with E-state index in [1.54, 1.807) is 37.4 Å². The molecule has 3 rings (SSSR count). The Balaban J connectivity index is 0.000000288. The molecular formula is C29H33N3O5. The molecule has 0 amide bonds. The highest BCUT2D eigenvalue weighted by Crippen LogP contribution is 2.21. The molecule has 3 aromatic rings. The molecule has 37 heavy (non-hydrogen) atoms. The molecule has 4 N–H and O–H groups in total. The number of anilines is 1. The normalized spacial score (nSPS) is 9.27. The van der Waals surface area contributed by atoms with E-state index in [0.717, 1.165) is 35.9 Å². The first-order valence-corrected chi connectivity index (χ1v) is 11.3. The van der Waals surface area contributed by atoms with Crippen molar-refractivity contribution in [2.24, 2.45) is 5.73 Å². The fraction of sp³-hybridized carbons (Fsp3) is 0.207. The van der Waals surface area contributed by atoms with Gasteiger partial charge >= 0.3 is 5.97 Å². The maximum Gasteiger partial charge on any atom is 0.338 e. The van der Waals surface area contributed by atoms with Crippen molar-refractivity contribution in [3.05, 3.63) is 94.5 Å². The van der Waals surface area contributed by atoms with E-state index in [2.05, 4.69) is 21.3 Å². The predicted molar refractivity (Wildman–Crippen MR) is 146 cm³/mol. The number of hydrogen-bond donors (Lipinski definition) is 3. The number of methoxy groups -OCH3 is 1. The second kappa shape index (κ2) is 17.9. The Hall–Kier alpha value is -4.45. The Kier molecular flexibility index (Phi) is 14.8. The van der Waals surface area contributed by atoms with Gasteiger partial charge in [-0.05, 0) is 30.3 Å². The molecule has 8 nitrogen and oxygen atoms in total. The standard InChI is InChI=1S/C12H13NO3.C9H11NO.C8H9NO/c1-4-5-16-11-7-9(12(14)15-3)6-10(8-11)13-2;1-10-6-8-2-4-9(7-11)5-3-8;9-5-7-1-3-8(6-10)4-2-7/h1,6-8,13H,5H2,2-3H3;2-5,7,10H,6H2,1H3;1-4,6H,5,9H2. The lowest BCUT2D eigenvalue weighted by molar-refractivity contribution is 0.0600. The fourth-order valence-corrected chi connectivity index (χ4v) is 2.84. The molecule has 0 aliphatic heterocycles. The molecule has 0 unspecified atom stereocenters. The molecule has 0 radical (unpaired) electrons. The number of terminal acetylenes is 1. The average molecular weight is 504 g/mol. The van der Waals surface area contributed by atoms with Gasteiger partial charge in [-0.25, -0.2) is 4.79 Å². The molecule has 0 aliphatic rings. The average Bonchev–Trinajstić information content (AvgIpc) is 2.96. The Labute approximate surface area is 218 Å². The van der Waals surface area contributed by atoms with Crippen LogP contribution in [0.15, 0.2) is 66.7 Å². The van der Waals surface area contributed by atoms with Crippen LogP contribution in [0.4, 0.5) is 5.69 Å². The summed E-state index contributed by atoms with van der Waals surface area (Å²) < 4.78 is 9.88. The van der Waals surface area contributed by atoms with Gasteiger partial charge in [0.05, 0.1) is 12.7 Å². The van der Waals surface area contributed by atoms with Crippen LogP contribution < -0.4 is 21.1 Å². The third-order valence-electron chi connectivity index (χ3n) is 4.79. The molecule has 0 heterocycles. The van der Waals surface area contributed by atoms with Gasteiger partial charge in [-0.1, -0.05) is 54.5 Å². The number of esters is 1. The van der Waals surface area contributed by atoms with E-state index >= 15 is 0 Å². The topological polar surface area (TPSA) is 120 Å². The van der Waals surface area contributed by atoms with Crippen molar-refractivity contribution in [3.8, 4) is 18.1 Å². The number of carbonyl (C=O) groups excluding carboxylic acids is 3. The lowest BCUT2D eigenvalue weighted by atomic mass is 10.1. The van der Waals surface area contributed by atoms with Crippen molar-refractivity contribution in [2.45, 2.75) is 13.1 Å². The molecule has 0 fully saturated rings. The van der Waals surface area contributed by atoms with E-state index in [-0.39, 0.29) is 6.61 Å². The number of hydrogen-bond acceptors (Lipinski definition) is 8. The largest absolute Gasteiger partial charge is 0.481 e. The van der Waals surface area contributed by atoms with E-state index in [1.807, 2.05) is 43.4 Å². The molecule has 8 heteroatoms. The van der Waals surface area contributed by atoms with Gasteiger partial charge in [0, 0.05) is 43.0 Å². The Bertz CT molecular complexity index is 1150. The van der Waals surface area contributed by atoms with Crippen LogP contribution in [0, 0.1) is 12.3 Å². The van der Waals surface area contributed by atoms with Crippen LogP contribution >= 0.6 is 0 Å². The van der Waals surface area contributed by atoms with Gasteiger partial charge in [0.1, 0.15) is 24.9 Å². The van der Waals surface area contributed by atoms with Crippen molar-refractivity contribution in [1.29, 1.82) is 0 Å². The first kappa shape index (κ1) is 30.6. The van der Waals surface area contributed by atoms with Crippen molar-refractivity contribution in [3.63, 3.8) is 0 Å². The van der Waals surface area contributed by atoms with E-state index in [9.17, 15) is 14.4 Å². The van der Waals surface area contributed by atoms with Gasteiger partial charge in [-0.3, -0.25) is 9.59 Å². The highest BCUT2D eigenvalue weighted by molar-refractivity contribution is 5.91. The van der Waals surface area contributed by atoms with Gasteiger partial charge in [0.15, 0.2) is 0 Å². The smallest absolute Gasteiger partial charge is 0.338 e. The highest BCUT2D eigenvalue weighted by Gasteiger charge is 2.08. The molecule has 0 aromatic heterocycles. The third-order valence-corrected chi connectivity index (χ3v) is 4.79. The SMILES string of the molecule is C#CCOc1cc(NC)cc(C(=O)OC)c1.CNCc1ccc(C=O)cc1.NCc1ccc(C=O)cc1. The summed E-state index contributed by atoms with van der Waals surface area (Å²) in [5, 5.41) is 5.96. The molecule has 0 atom stereocenters. The Morgan fingerprint density at radius 3 is 1.95 bits per heavy atom. The molecule has 0 spiro atoms. The second-order valence-corrected chi connectivity index (χ2v) is 7.43. The van der Waals surface area contributed by atoms with Crippen molar-refractivity contribution in [2.75, 3.05) is 33.1 Å². The first-order valence-electron chi connectivity index (χ1n) is 11.3. The summed E-state index contributed by atoms with van der Waals surface area (Å²) in [7, 11) is 4.98. The van der Waals surface area contributed by atoms with Crippen molar-refractivity contribution >= 4 is 24.2 Å². The summed E-state index contributed by atoms with van der Waals surface area (Å²) in [5.74, 6) is 2.48. The molecule has 0 bridgehead atoms. The summed E-state index contributed by atoms with van der Waals surface area (Å²) in [6, 6.07) is 19.8. The summed E-state index contributed by atoms with van der Waals surface area (Å²) >= 11 is 0. The second-order valence-electron chi connectivity index (χ2n) is 7.43. The third kappa shape index (κ3) is 11.7. The summed E-state index contributed by atoms with van der Waals surface area (Å²) in [6.07, 6.45) is 6.76. The van der Waals surface area contributed by atoms with E-state index in [0.29, 0.717) is 23.4 Å². The predicted octanol–water partition coefficient (Wildman–Crippen LogP) is 3.70. The van der Waals surface area contributed by atoms with E-state index in [4.69, 9.17) is 16.9 Å². The van der Waals surface area contributed by atoms with Gasteiger partial charge in [-0.15, -0.1) is 6.42 Å². The minimum Gasteiger partial charge on any atom is -0.481 e. The van der Waals surface area contributed by atoms with Crippen LogP contribution in [-0.2, 0) is 17.8 Å². The minimum absolute atomic E-state index is 0.160. The molecule has 0 saturated carbocycles. The molecule has 0 saturated heterocycles. The highest BCUT2D eigenvalue weighted by atomic mass is 16.5. The van der Waals surface area contributed by atoms with E-state index < -0.39 is 5.97 Å². The molecular weight excluding hydrogens is 470 g/mol. The number of aldehydes is 2. The molecule has 194 valence electrons. The maximum absolute atomic E-state index is 11.4. The number of nitrogens with one attached hydrogen (secondary N) is 2. The van der Waals surface area contributed by atoms with Crippen molar-refractivity contribution < 1.29 is 23.9 Å². The molecule has 3 aromatic carbocycles. The van der Waals surface area contributed by atoms with Crippen LogP contribution in [0.2, 0.25) is 0 Å². The van der Waals surface area contributed by atoms with Gasteiger partial charge < -0.3 is 25.8 Å². The summed E-state index contributed by atoms with van der Waals surface area (Å²) in [4.78, 5) is 31.8. The van der Waals surface area contributed by atoms with Gasteiger partial charge in [0.25, 0.3) is 0 Å². The van der Waals surface area contributed by atoms with Gasteiger partial charge in [0.2, 0.25) is 0 Å². The van der Waals surface area contributed by atoms with E-state index in [1.165, 1.54) is 12.7 Å². The maximum atomic E-state index is 11.4. The fourth-order valence-electron chi connectivity index (χ4n) is 2.84.